The minimum absolute atomic E-state index is 0.0369. The van der Waals surface area contributed by atoms with Gasteiger partial charge in [0, 0.05) is 30.8 Å². The molecule has 2 N–H and O–H groups in total. The number of carbonyl (C=O) groups excluding carboxylic acids is 2. The number of aromatic amines is 1. The number of likely N-dealkylation sites (tertiary alicyclic amines) is 1. The molecule has 6 heteroatoms. The molecule has 0 spiro atoms. The van der Waals surface area contributed by atoms with Crippen LogP contribution in [0.25, 0.3) is 0 Å². The summed E-state index contributed by atoms with van der Waals surface area (Å²) in [7, 11) is 0. The van der Waals surface area contributed by atoms with Gasteiger partial charge in [0.2, 0.25) is 11.8 Å². The predicted molar refractivity (Wildman–Crippen MR) is 68.0 cm³/mol. The summed E-state index contributed by atoms with van der Waals surface area (Å²) in [5.74, 6) is -0.119. The highest BCUT2D eigenvalue weighted by Gasteiger charge is 2.41. The van der Waals surface area contributed by atoms with Crippen LogP contribution in [0.1, 0.15) is 37.8 Å². The maximum atomic E-state index is 12.2. The van der Waals surface area contributed by atoms with Crippen LogP contribution >= 0.6 is 0 Å². The van der Waals surface area contributed by atoms with Crippen LogP contribution in [0.4, 0.5) is 0 Å². The molecule has 1 aliphatic heterocycles. The van der Waals surface area contributed by atoms with Crippen LogP contribution in [-0.4, -0.2) is 39.5 Å². The topological polar surface area (TPSA) is 78.1 Å². The van der Waals surface area contributed by atoms with Crippen molar-refractivity contribution in [3.05, 3.63) is 18.0 Å². The van der Waals surface area contributed by atoms with E-state index in [0.29, 0.717) is 19.0 Å². The quantitative estimate of drug-likeness (QED) is 0.834. The lowest BCUT2D eigenvalue weighted by Crippen LogP contribution is -2.35. The van der Waals surface area contributed by atoms with Crippen molar-refractivity contribution in [2.24, 2.45) is 5.92 Å². The second kappa shape index (κ2) is 4.68. The zero-order chi connectivity index (χ0) is 13.4. The van der Waals surface area contributed by atoms with Crippen molar-refractivity contribution in [3.63, 3.8) is 0 Å². The third-order valence-electron chi connectivity index (χ3n) is 3.90. The van der Waals surface area contributed by atoms with Crippen LogP contribution < -0.4 is 5.32 Å². The van der Waals surface area contributed by atoms with E-state index in [2.05, 4.69) is 15.5 Å². The molecule has 0 bridgehead atoms. The summed E-state index contributed by atoms with van der Waals surface area (Å²) in [5.41, 5.74) is 0.941. The molecule has 1 saturated heterocycles. The van der Waals surface area contributed by atoms with E-state index in [4.69, 9.17) is 0 Å². The lowest BCUT2D eigenvalue weighted by Gasteiger charge is -2.17. The molecule has 3 rings (SSSR count). The van der Waals surface area contributed by atoms with Gasteiger partial charge in [-0.1, -0.05) is 0 Å². The normalized spacial score (nSPS) is 24.6. The van der Waals surface area contributed by atoms with Gasteiger partial charge in [0.1, 0.15) is 0 Å². The minimum Gasteiger partial charge on any atom is -0.349 e. The maximum absolute atomic E-state index is 12.2. The number of nitrogens with zero attached hydrogens (tertiary/aromatic N) is 2. The first-order chi connectivity index (χ1) is 9.15. The van der Waals surface area contributed by atoms with Crippen LogP contribution in [0.15, 0.2) is 12.4 Å². The summed E-state index contributed by atoms with van der Waals surface area (Å²) in [6.45, 7) is 2.49. The Labute approximate surface area is 111 Å². The monoisotopic (exact) mass is 262 g/mol. The van der Waals surface area contributed by atoms with Gasteiger partial charge >= 0.3 is 0 Å². The molecule has 6 nitrogen and oxygen atoms in total. The molecule has 2 fully saturated rings. The van der Waals surface area contributed by atoms with Crippen LogP contribution in [0.5, 0.6) is 0 Å². The Morgan fingerprint density at radius 1 is 1.58 bits per heavy atom. The molecule has 2 unspecified atom stereocenters. The van der Waals surface area contributed by atoms with Gasteiger partial charge in [0.05, 0.1) is 18.2 Å². The fraction of sp³-hybridized carbons (Fsp3) is 0.615. The van der Waals surface area contributed by atoms with Gasteiger partial charge in [-0.3, -0.25) is 14.7 Å². The van der Waals surface area contributed by atoms with Crippen molar-refractivity contribution in [1.82, 2.24) is 20.4 Å². The number of hydrogen-bond donors (Lipinski definition) is 2. The molecular formula is C13H18N4O2. The van der Waals surface area contributed by atoms with E-state index >= 15 is 0 Å². The Morgan fingerprint density at radius 3 is 3.00 bits per heavy atom. The average molecular weight is 262 g/mol. The third kappa shape index (κ3) is 2.47. The van der Waals surface area contributed by atoms with Gasteiger partial charge in [-0.15, -0.1) is 0 Å². The molecule has 2 heterocycles. The maximum Gasteiger partial charge on any atom is 0.225 e. The zero-order valence-electron chi connectivity index (χ0n) is 10.9. The van der Waals surface area contributed by atoms with Gasteiger partial charge in [-0.25, -0.2) is 0 Å². The Morgan fingerprint density at radius 2 is 2.37 bits per heavy atom. The zero-order valence-corrected chi connectivity index (χ0v) is 10.9. The summed E-state index contributed by atoms with van der Waals surface area (Å²) in [5, 5.41) is 9.54. The lowest BCUT2D eigenvalue weighted by molar-refractivity contribution is -0.129. The number of nitrogens with one attached hydrogen (secondary N) is 2. The van der Waals surface area contributed by atoms with Crippen LogP contribution in [0.2, 0.25) is 0 Å². The van der Waals surface area contributed by atoms with Crippen molar-refractivity contribution in [2.75, 3.05) is 6.54 Å². The van der Waals surface area contributed by atoms with E-state index in [1.807, 2.05) is 11.8 Å². The van der Waals surface area contributed by atoms with Gasteiger partial charge in [0.25, 0.3) is 0 Å². The van der Waals surface area contributed by atoms with Crippen LogP contribution in [-0.2, 0) is 9.59 Å². The van der Waals surface area contributed by atoms with E-state index in [-0.39, 0.29) is 23.8 Å². The molecule has 0 aromatic carbocycles. The lowest BCUT2D eigenvalue weighted by atomic mass is 10.1. The Bertz CT molecular complexity index is 481. The first-order valence-electron chi connectivity index (χ1n) is 6.73. The summed E-state index contributed by atoms with van der Waals surface area (Å²) in [4.78, 5) is 25.8. The van der Waals surface area contributed by atoms with Crippen molar-refractivity contribution in [2.45, 2.75) is 38.3 Å². The molecule has 0 radical (unpaired) electrons. The summed E-state index contributed by atoms with van der Waals surface area (Å²) >= 11 is 0. The van der Waals surface area contributed by atoms with Crippen molar-refractivity contribution >= 4 is 11.8 Å². The first kappa shape index (κ1) is 12.2. The number of H-pyrrole nitrogens is 1. The molecular weight excluding hydrogens is 244 g/mol. The molecule has 2 amide bonds. The van der Waals surface area contributed by atoms with E-state index in [9.17, 15) is 9.59 Å². The summed E-state index contributed by atoms with van der Waals surface area (Å²) in [6.07, 6.45) is 5.99. The Kier molecular flexibility index (Phi) is 3.00. The second-order valence-electron chi connectivity index (χ2n) is 5.44. The predicted octanol–water partition coefficient (Wildman–Crippen LogP) is 0.598. The number of hydrogen-bond acceptors (Lipinski definition) is 3. The molecule has 2 aliphatic rings. The highest BCUT2D eigenvalue weighted by atomic mass is 16.2. The highest BCUT2D eigenvalue weighted by molar-refractivity contribution is 5.89. The summed E-state index contributed by atoms with van der Waals surface area (Å²) < 4.78 is 0. The van der Waals surface area contributed by atoms with Crippen molar-refractivity contribution < 1.29 is 9.59 Å². The van der Waals surface area contributed by atoms with Gasteiger partial charge in [-0.05, 0) is 19.8 Å². The molecule has 102 valence electrons. The standard InChI is InChI=1S/C13H18N4O2/c1-8(10-5-14-15-6-10)16-13(19)9-4-12(18)17(7-9)11-2-3-11/h5-6,8-9,11H,2-4,7H2,1H3,(H,14,15)(H,16,19). The number of rotatable bonds is 4. The number of amides is 2. The van der Waals surface area contributed by atoms with E-state index in [1.54, 1.807) is 12.4 Å². The second-order valence-corrected chi connectivity index (χ2v) is 5.44. The molecule has 1 aromatic rings. The van der Waals surface area contributed by atoms with Gasteiger partial charge in [-0.2, -0.15) is 5.10 Å². The average Bonchev–Trinajstić information content (AvgIpc) is 2.92. The highest BCUT2D eigenvalue weighted by Crippen LogP contribution is 2.32. The molecule has 1 aromatic heterocycles. The van der Waals surface area contributed by atoms with E-state index in [0.717, 1.165) is 18.4 Å². The number of aromatic nitrogens is 2. The van der Waals surface area contributed by atoms with Crippen LogP contribution in [0.3, 0.4) is 0 Å². The molecule has 19 heavy (non-hydrogen) atoms. The number of carbonyl (C=O) groups is 2. The largest absolute Gasteiger partial charge is 0.349 e. The molecule has 1 saturated carbocycles. The third-order valence-corrected chi connectivity index (χ3v) is 3.90. The van der Waals surface area contributed by atoms with Crippen molar-refractivity contribution in [1.29, 1.82) is 0 Å². The summed E-state index contributed by atoms with van der Waals surface area (Å²) in [6, 6.07) is 0.313. The van der Waals surface area contributed by atoms with Crippen molar-refractivity contribution in [3.8, 4) is 0 Å². The van der Waals surface area contributed by atoms with Gasteiger partial charge in [0.15, 0.2) is 0 Å². The SMILES string of the molecule is CC(NC(=O)C1CC(=O)N(C2CC2)C1)c1cn[nH]c1. The Balaban J connectivity index is 1.57. The molecule has 2 atom stereocenters. The fourth-order valence-corrected chi connectivity index (χ4v) is 2.56. The van der Waals surface area contributed by atoms with E-state index in [1.165, 1.54) is 0 Å². The minimum atomic E-state index is -0.206. The smallest absolute Gasteiger partial charge is 0.225 e. The first-order valence-corrected chi connectivity index (χ1v) is 6.73. The molecule has 1 aliphatic carbocycles. The van der Waals surface area contributed by atoms with E-state index < -0.39 is 0 Å². The van der Waals surface area contributed by atoms with Crippen LogP contribution in [0, 0.1) is 5.92 Å². The Hall–Kier alpha value is -1.85. The fourth-order valence-electron chi connectivity index (χ4n) is 2.56. The van der Waals surface area contributed by atoms with Gasteiger partial charge < -0.3 is 10.2 Å².